The largest absolute Gasteiger partial charge is 0.418 e. The normalized spacial score (nSPS) is 13.4. The van der Waals surface area contributed by atoms with Gasteiger partial charge in [0.2, 0.25) is 5.91 Å². The summed E-state index contributed by atoms with van der Waals surface area (Å²) in [5.41, 5.74) is -1.78. The van der Waals surface area contributed by atoms with Crippen molar-refractivity contribution in [1.82, 2.24) is 4.90 Å². The van der Waals surface area contributed by atoms with Gasteiger partial charge < -0.3 is 5.32 Å². The van der Waals surface area contributed by atoms with Crippen molar-refractivity contribution in [3.63, 3.8) is 0 Å². The Labute approximate surface area is 168 Å². The average Bonchev–Trinajstić information content (AvgIpc) is 2.61. The molecular formula is C19H17ClF6N2O. The second kappa shape index (κ2) is 8.62. The summed E-state index contributed by atoms with van der Waals surface area (Å²) in [7, 11) is 1.54. The highest BCUT2D eigenvalue weighted by Gasteiger charge is 2.35. The third-order valence-electron chi connectivity index (χ3n) is 4.30. The molecule has 1 unspecified atom stereocenters. The summed E-state index contributed by atoms with van der Waals surface area (Å²) in [5, 5.41) is 2.11. The lowest BCUT2D eigenvalue weighted by atomic mass is 10.1. The molecular weight excluding hydrogens is 422 g/mol. The molecule has 0 spiro atoms. The van der Waals surface area contributed by atoms with Gasteiger partial charge in [-0.3, -0.25) is 9.69 Å². The summed E-state index contributed by atoms with van der Waals surface area (Å²) in [6.07, 6.45) is -9.16. The van der Waals surface area contributed by atoms with E-state index in [1.807, 2.05) is 0 Å². The first-order valence-electron chi connectivity index (χ1n) is 8.33. The molecule has 0 bridgehead atoms. The molecule has 158 valence electrons. The molecule has 0 saturated carbocycles. The number of alkyl halides is 6. The van der Waals surface area contributed by atoms with Crippen LogP contribution in [0.25, 0.3) is 0 Å². The van der Waals surface area contributed by atoms with Gasteiger partial charge in [-0.05, 0) is 49.9 Å². The smallest absolute Gasteiger partial charge is 0.324 e. The Morgan fingerprint density at radius 3 is 2.14 bits per heavy atom. The van der Waals surface area contributed by atoms with E-state index in [2.05, 4.69) is 5.32 Å². The highest BCUT2D eigenvalue weighted by Crippen LogP contribution is 2.36. The number of hydrogen-bond donors (Lipinski definition) is 1. The first-order valence-corrected chi connectivity index (χ1v) is 8.71. The summed E-state index contributed by atoms with van der Waals surface area (Å²) >= 11 is 5.61. The lowest BCUT2D eigenvalue weighted by Gasteiger charge is -2.25. The van der Waals surface area contributed by atoms with E-state index in [1.165, 1.54) is 37.1 Å². The van der Waals surface area contributed by atoms with E-state index in [0.29, 0.717) is 11.6 Å². The number of benzene rings is 2. The van der Waals surface area contributed by atoms with Crippen LogP contribution < -0.4 is 5.32 Å². The molecule has 0 saturated heterocycles. The quantitative estimate of drug-likeness (QED) is 0.595. The fourth-order valence-corrected chi connectivity index (χ4v) is 2.69. The lowest BCUT2D eigenvalue weighted by Crippen LogP contribution is -2.39. The number of halogens is 7. The Morgan fingerprint density at radius 1 is 1.03 bits per heavy atom. The van der Waals surface area contributed by atoms with Gasteiger partial charge >= 0.3 is 12.4 Å². The Morgan fingerprint density at radius 2 is 1.62 bits per heavy atom. The molecule has 1 amide bonds. The van der Waals surface area contributed by atoms with Gasteiger partial charge in [-0.25, -0.2) is 0 Å². The van der Waals surface area contributed by atoms with Crippen molar-refractivity contribution >= 4 is 23.2 Å². The van der Waals surface area contributed by atoms with Gasteiger partial charge in [0.05, 0.1) is 22.9 Å². The van der Waals surface area contributed by atoms with Crippen molar-refractivity contribution in [3.05, 3.63) is 64.2 Å². The van der Waals surface area contributed by atoms with Gasteiger partial charge in [-0.15, -0.1) is 0 Å². The molecule has 2 aromatic rings. The van der Waals surface area contributed by atoms with Crippen molar-refractivity contribution in [1.29, 1.82) is 0 Å². The molecule has 0 radical (unpaired) electrons. The standard InChI is InChI=1S/C19H17ClF6N2O/c1-11(28(2)10-12-3-5-13(6-4-12)18(21,22)23)17(29)27-16-8-7-14(20)9-15(16)19(24,25)26/h3-9,11H,10H2,1-2H3,(H,27,29). The Balaban J connectivity index is 2.09. The number of hydrogen-bond acceptors (Lipinski definition) is 2. The maximum absolute atomic E-state index is 13.1. The lowest BCUT2D eigenvalue weighted by molar-refractivity contribution is -0.138. The fourth-order valence-electron chi connectivity index (χ4n) is 2.52. The van der Waals surface area contributed by atoms with Gasteiger partial charge in [0.1, 0.15) is 0 Å². The SMILES string of the molecule is CC(C(=O)Nc1ccc(Cl)cc1C(F)(F)F)N(C)Cc1ccc(C(F)(F)F)cc1. The second-order valence-corrected chi connectivity index (χ2v) is 6.90. The van der Waals surface area contributed by atoms with E-state index < -0.39 is 41.1 Å². The summed E-state index contributed by atoms with van der Waals surface area (Å²) < 4.78 is 77.3. The van der Waals surface area contributed by atoms with E-state index in [1.54, 1.807) is 0 Å². The molecule has 3 nitrogen and oxygen atoms in total. The number of nitrogens with one attached hydrogen (secondary N) is 1. The van der Waals surface area contributed by atoms with E-state index >= 15 is 0 Å². The Kier molecular flexibility index (Phi) is 6.85. The van der Waals surface area contributed by atoms with Crippen LogP contribution >= 0.6 is 11.6 Å². The maximum atomic E-state index is 13.1. The number of anilines is 1. The van der Waals surface area contributed by atoms with Gasteiger partial charge in [0.25, 0.3) is 0 Å². The molecule has 0 aliphatic heterocycles. The molecule has 1 atom stereocenters. The molecule has 2 rings (SSSR count). The number of carbonyl (C=O) groups excluding carboxylic acids is 1. The maximum Gasteiger partial charge on any atom is 0.418 e. The van der Waals surface area contributed by atoms with Gasteiger partial charge in [0, 0.05) is 11.6 Å². The van der Waals surface area contributed by atoms with Crippen LogP contribution in [0.3, 0.4) is 0 Å². The zero-order valence-electron chi connectivity index (χ0n) is 15.3. The van der Waals surface area contributed by atoms with E-state index in [-0.39, 0.29) is 11.6 Å². The number of likely N-dealkylation sites (N-methyl/N-ethyl adjacent to an activating group) is 1. The van der Waals surface area contributed by atoms with Crippen LogP contribution in [0, 0.1) is 0 Å². The van der Waals surface area contributed by atoms with Crippen LogP contribution in [0.2, 0.25) is 5.02 Å². The van der Waals surface area contributed by atoms with Crippen LogP contribution in [-0.2, 0) is 23.7 Å². The highest BCUT2D eigenvalue weighted by atomic mass is 35.5. The monoisotopic (exact) mass is 438 g/mol. The van der Waals surface area contributed by atoms with E-state index in [4.69, 9.17) is 11.6 Å². The first-order chi connectivity index (χ1) is 13.3. The minimum Gasteiger partial charge on any atom is -0.324 e. The number of amides is 1. The number of carbonyl (C=O) groups is 1. The minimum absolute atomic E-state index is 0.122. The summed E-state index contributed by atoms with van der Waals surface area (Å²) in [5.74, 6) is -0.702. The third-order valence-corrected chi connectivity index (χ3v) is 4.53. The van der Waals surface area contributed by atoms with Gasteiger partial charge in [-0.2, -0.15) is 26.3 Å². The molecule has 0 aliphatic rings. The van der Waals surface area contributed by atoms with Gasteiger partial charge in [0.15, 0.2) is 0 Å². The predicted octanol–water partition coefficient (Wildman–Crippen LogP) is 5.84. The zero-order valence-corrected chi connectivity index (χ0v) is 16.1. The van der Waals surface area contributed by atoms with Crippen LogP contribution in [0.5, 0.6) is 0 Å². The van der Waals surface area contributed by atoms with Crippen molar-refractivity contribution < 1.29 is 31.1 Å². The van der Waals surface area contributed by atoms with E-state index in [9.17, 15) is 31.1 Å². The predicted molar refractivity (Wildman–Crippen MR) is 97.5 cm³/mol. The van der Waals surface area contributed by atoms with Crippen molar-refractivity contribution in [2.75, 3.05) is 12.4 Å². The number of nitrogens with zero attached hydrogens (tertiary/aromatic N) is 1. The Hall–Kier alpha value is -2.26. The molecule has 1 N–H and O–H groups in total. The van der Waals surface area contributed by atoms with Crippen LogP contribution in [0.1, 0.15) is 23.6 Å². The van der Waals surface area contributed by atoms with Crippen molar-refractivity contribution in [2.24, 2.45) is 0 Å². The van der Waals surface area contributed by atoms with Crippen LogP contribution in [0.4, 0.5) is 32.0 Å². The van der Waals surface area contributed by atoms with Crippen LogP contribution in [0.15, 0.2) is 42.5 Å². The average molecular weight is 439 g/mol. The van der Waals surface area contributed by atoms with E-state index in [0.717, 1.165) is 18.2 Å². The topological polar surface area (TPSA) is 32.3 Å². The minimum atomic E-state index is -4.71. The molecule has 0 fully saturated rings. The van der Waals surface area contributed by atoms with Crippen molar-refractivity contribution in [2.45, 2.75) is 31.9 Å². The highest BCUT2D eigenvalue weighted by molar-refractivity contribution is 6.30. The second-order valence-electron chi connectivity index (χ2n) is 6.46. The third kappa shape index (κ3) is 6.11. The zero-order chi connectivity index (χ0) is 22.0. The molecule has 2 aromatic carbocycles. The first kappa shape index (κ1) is 23.0. The fraction of sp³-hybridized carbons (Fsp3) is 0.316. The molecule has 0 aromatic heterocycles. The van der Waals surface area contributed by atoms with Crippen molar-refractivity contribution in [3.8, 4) is 0 Å². The molecule has 0 heterocycles. The molecule has 29 heavy (non-hydrogen) atoms. The van der Waals surface area contributed by atoms with Gasteiger partial charge in [-0.1, -0.05) is 23.7 Å². The van der Waals surface area contributed by atoms with Crippen LogP contribution in [-0.4, -0.2) is 23.9 Å². The molecule has 0 aliphatic carbocycles. The molecule has 10 heteroatoms. The number of rotatable bonds is 5. The summed E-state index contributed by atoms with van der Waals surface area (Å²) in [4.78, 5) is 13.9. The Bertz CT molecular complexity index is 864. The summed E-state index contributed by atoms with van der Waals surface area (Å²) in [6, 6.07) is 6.57. The summed E-state index contributed by atoms with van der Waals surface area (Å²) in [6.45, 7) is 1.60.